The van der Waals surface area contributed by atoms with E-state index in [-0.39, 0.29) is 5.91 Å². The highest BCUT2D eigenvalue weighted by Gasteiger charge is 2.09. The SMILES string of the molecule is O=C(/C=C/c1ccccc1)Nc1cccc(-c2nc3cnccc3o2)c1. The van der Waals surface area contributed by atoms with Crippen LogP contribution in [-0.2, 0) is 4.79 Å². The third kappa shape index (κ3) is 3.52. The van der Waals surface area contributed by atoms with E-state index in [1.807, 2.05) is 54.6 Å². The van der Waals surface area contributed by atoms with Crippen LogP contribution in [0.15, 0.2) is 83.6 Å². The van der Waals surface area contributed by atoms with Crippen LogP contribution in [0.3, 0.4) is 0 Å². The van der Waals surface area contributed by atoms with Gasteiger partial charge in [0.25, 0.3) is 0 Å². The molecule has 2 aromatic carbocycles. The summed E-state index contributed by atoms with van der Waals surface area (Å²) in [5, 5.41) is 2.85. The van der Waals surface area contributed by atoms with Crippen molar-refractivity contribution in [1.29, 1.82) is 0 Å². The number of anilines is 1. The number of benzene rings is 2. The summed E-state index contributed by atoms with van der Waals surface area (Å²) in [5.74, 6) is 0.289. The minimum atomic E-state index is -0.201. The summed E-state index contributed by atoms with van der Waals surface area (Å²) >= 11 is 0. The molecule has 126 valence electrons. The van der Waals surface area contributed by atoms with E-state index in [0.29, 0.717) is 22.7 Å². The summed E-state index contributed by atoms with van der Waals surface area (Å²) in [7, 11) is 0. The van der Waals surface area contributed by atoms with Gasteiger partial charge in [-0.2, -0.15) is 0 Å². The molecule has 26 heavy (non-hydrogen) atoms. The van der Waals surface area contributed by atoms with Gasteiger partial charge in [-0.05, 0) is 29.8 Å². The van der Waals surface area contributed by atoms with Crippen molar-refractivity contribution < 1.29 is 9.21 Å². The maximum atomic E-state index is 12.1. The largest absolute Gasteiger partial charge is 0.436 e. The van der Waals surface area contributed by atoms with E-state index >= 15 is 0 Å². The Morgan fingerprint density at radius 3 is 2.77 bits per heavy atom. The van der Waals surface area contributed by atoms with E-state index < -0.39 is 0 Å². The Hall–Kier alpha value is -3.73. The summed E-state index contributed by atoms with van der Waals surface area (Å²) < 4.78 is 5.74. The van der Waals surface area contributed by atoms with Crippen molar-refractivity contribution in [1.82, 2.24) is 9.97 Å². The number of amides is 1. The first-order valence-electron chi connectivity index (χ1n) is 8.13. The normalized spacial score (nSPS) is 11.1. The summed E-state index contributed by atoms with van der Waals surface area (Å²) in [6.45, 7) is 0. The third-order valence-corrected chi connectivity index (χ3v) is 3.79. The Bertz CT molecular complexity index is 1050. The molecule has 0 bridgehead atoms. The zero-order chi connectivity index (χ0) is 17.8. The number of aromatic nitrogens is 2. The van der Waals surface area contributed by atoms with E-state index in [2.05, 4.69) is 15.3 Å². The van der Waals surface area contributed by atoms with Crippen molar-refractivity contribution in [3.8, 4) is 11.5 Å². The van der Waals surface area contributed by atoms with Crippen molar-refractivity contribution in [2.75, 3.05) is 5.32 Å². The molecule has 4 aromatic rings. The lowest BCUT2D eigenvalue weighted by Gasteiger charge is -2.03. The van der Waals surface area contributed by atoms with Crippen LogP contribution in [0.1, 0.15) is 5.56 Å². The second kappa shape index (κ2) is 7.03. The van der Waals surface area contributed by atoms with E-state index in [4.69, 9.17) is 4.42 Å². The summed E-state index contributed by atoms with van der Waals surface area (Å²) in [5.41, 5.74) is 3.80. The number of carbonyl (C=O) groups excluding carboxylic acids is 1. The van der Waals surface area contributed by atoms with Crippen LogP contribution in [0.2, 0.25) is 0 Å². The number of nitrogens with zero attached hydrogens (tertiary/aromatic N) is 2. The lowest BCUT2D eigenvalue weighted by Crippen LogP contribution is -2.07. The summed E-state index contributed by atoms with van der Waals surface area (Å²) in [6, 6.07) is 18.8. The van der Waals surface area contributed by atoms with Gasteiger partial charge < -0.3 is 9.73 Å². The van der Waals surface area contributed by atoms with Crippen molar-refractivity contribution in [2.45, 2.75) is 0 Å². The zero-order valence-electron chi connectivity index (χ0n) is 13.8. The zero-order valence-corrected chi connectivity index (χ0v) is 13.8. The van der Waals surface area contributed by atoms with Crippen LogP contribution in [0.4, 0.5) is 5.69 Å². The van der Waals surface area contributed by atoms with Gasteiger partial charge in [-0.3, -0.25) is 9.78 Å². The average Bonchev–Trinajstić information content (AvgIpc) is 3.12. The van der Waals surface area contributed by atoms with Gasteiger partial charge in [0.2, 0.25) is 11.8 Å². The van der Waals surface area contributed by atoms with Gasteiger partial charge in [0, 0.05) is 29.6 Å². The van der Waals surface area contributed by atoms with Crippen LogP contribution in [-0.4, -0.2) is 15.9 Å². The average molecular weight is 341 g/mol. The smallest absolute Gasteiger partial charge is 0.248 e. The number of nitrogens with one attached hydrogen (secondary N) is 1. The van der Waals surface area contributed by atoms with Crippen LogP contribution >= 0.6 is 0 Å². The number of carbonyl (C=O) groups is 1. The molecular formula is C21H15N3O2. The third-order valence-electron chi connectivity index (χ3n) is 3.79. The topological polar surface area (TPSA) is 68.0 Å². The Morgan fingerprint density at radius 1 is 1.04 bits per heavy atom. The number of pyridine rings is 1. The fourth-order valence-electron chi connectivity index (χ4n) is 2.55. The summed E-state index contributed by atoms with van der Waals surface area (Å²) in [4.78, 5) is 20.6. The maximum Gasteiger partial charge on any atom is 0.248 e. The minimum Gasteiger partial charge on any atom is -0.436 e. The van der Waals surface area contributed by atoms with E-state index in [1.165, 1.54) is 6.08 Å². The van der Waals surface area contributed by atoms with Crippen molar-refractivity contribution in [3.05, 3.63) is 84.7 Å². The summed E-state index contributed by atoms with van der Waals surface area (Å²) in [6.07, 6.45) is 6.59. The molecule has 1 amide bonds. The van der Waals surface area contributed by atoms with E-state index in [1.54, 1.807) is 24.5 Å². The number of hydrogen-bond acceptors (Lipinski definition) is 4. The van der Waals surface area contributed by atoms with Gasteiger partial charge in [0.1, 0.15) is 5.52 Å². The van der Waals surface area contributed by atoms with Crippen LogP contribution in [0, 0.1) is 0 Å². The first kappa shape index (κ1) is 15.8. The molecule has 4 rings (SSSR count). The molecule has 0 radical (unpaired) electrons. The molecule has 0 aliphatic heterocycles. The minimum absolute atomic E-state index is 0.201. The molecule has 0 atom stereocenters. The van der Waals surface area contributed by atoms with Gasteiger partial charge in [0.15, 0.2) is 5.58 Å². The predicted octanol–water partition coefficient (Wildman–Crippen LogP) is 4.54. The molecule has 0 saturated heterocycles. The lowest BCUT2D eigenvalue weighted by atomic mass is 10.2. The molecule has 5 heteroatoms. The molecule has 5 nitrogen and oxygen atoms in total. The molecule has 0 unspecified atom stereocenters. The number of fused-ring (bicyclic) bond motifs is 1. The first-order valence-corrected chi connectivity index (χ1v) is 8.13. The van der Waals surface area contributed by atoms with Crippen LogP contribution < -0.4 is 5.32 Å². The number of rotatable bonds is 4. The Labute approximate surface area is 150 Å². The molecule has 0 spiro atoms. The highest BCUT2D eigenvalue weighted by molar-refractivity contribution is 6.02. The highest BCUT2D eigenvalue weighted by atomic mass is 16.3. The molecule has 0 aliphatic rings. The van der Waals surface area contributed by atoms with Gasteiger partial charge in [-0.25, -0.2) is 4.98 Å². The lowest BCUT2D eigenvalue weighted by molar-refractivity contribution is -0.111. The molecular weight excluding hydrogens is 326 g/mol. The van der Waals surface area contributed by atoms with Crippen LogP contribution in [0.5, 0.6) is 0 Å². The predicted molar refractivity (Wildman–Crippen MR) is 101 cm³/mol. The Morgan fingerprint density at radius 2 is 1.92 bits per heavy atom. The highest BCUT2D eigenvalue weighted by Crippen LogP contribution is 2.25. The Kier molecular flexibility index (Phi) is 4.26. The molecule has 0 saturated carbocycles. The molecule has 0 fully saturated rings. The van der Waals surface area contributed by atoms with Gasteiger partial charge >= 0.3 is 0 Å². The van der Waals surface area contributed by atoms with Gasteiger partial charge in [-0.1, -0.05) is 36.4 Å². The van der Waals surface area contributed by atoms with Gasteiger partial charge in [-0.15, -0.1) is 0 Å². The molecule has 0 aliphatic carbocycles. The maximum absolute atomic E-state index is 12.1. The second-order valence-electron chi connectivity index (χ2n) is 5.68. The Balaban J connectivity index is 1.52. The van der Waals surface area contributed by atoms with Crippen molar-refractivity contribution in [3.63, 3.8) is 0 Å². The quantitative estimate of drug-likeness (QED) is 0.553. The number of oxazole rings is 1. The molecule has 1 N–H and O–H groups in total. The molecule has 2 aromatic heterocycles. The van der Waals surface area contributed by atoms with E-state index in [0.717, 1.165) is 11.1 Å². The second-order valence-corrected chi connectivity index (χ2v) is 5.68. The monoisotopic (exact) mass is 341 g/mol. The van der Waals surface area contributed by atoms with Gasteiger partial charge in [0.05, 0.1) is 6.20 Å². The molecule has 2 heterocycles. The van der Waals surface area contributed by atoms with Crippen LogP contribution in [0.25, 0.3) is 28.6 Å². The first-order chi connectivity index (χ1) is 12.8. The number of hydrogen-bond donors (Lipinski definition) is 1. The van der Waals surface area contributed by atoms with Crippen molar-refractivity contribution >= 4 is 28.8 Å². The fraction of sp³-hybridized carbons (Fsp3) is 0. The van der Waals surface area contributed by atoms with Crippen molar-refractivity contribution in [2.24, 2.45) is 0 Å². The van der Waals surface area contributed by atoms with E-state index in [9.17, 15) is 4.79 Å². The standard InChI is InChI=1S/C21H15N3O2/c25-20(10-9-15-5-2-1-3-6-15)23-17-8-4-7-16(13-17)21-24-18-14-22-12-11-19(18)26-21/h1-14H,(H,23,25)/b10-9+. The fourth-order valence-corrected chi connectivity index (χ4v) is 2.55.